The van der Waals surface area contributed by atoms with E-state index in [1.807, 2.05) is 0 Å². The van der Waals surface area contributed by atoms with Gasteiger partial charge in [-0.15, -0.1) is 0 Å². The van der Waals surface area contributed by atoms with Crippen LogP contribution in [-0.4, -0.2) is 22.8 Å². The molecule has 134 valence electrons. The number of carbonyl (C=O) groups excluding carboxylic acids is 2. The normalized spacial score (nSPS) is 16.0. The van der Waals surface area contributed by atoms with E-state index in [2.05, 4.69) is 10.6 Å². The number of hydrogen-bond donors (Lipinski definition) is 2. The lowest BCUT2D eigenvalue weighted by molar-refractivity contribution is -0.384. The summed E-state index contributed by atoms with van der Waals surface area (Å²) in [6.45, 7) is 1.32. The Morgan fingerprint density at radius 2 is 1.88 bits per heavy atom. The van der Waals surface area contributed by atoms with E-state index in [1.165, 1.54) is 38.0 Å². The van der Waals surface area contributed by atoms with Gasteiger partial charge in [-0.2, -0.15) is 0 Å². The maximum atomic E-state index is 12.6. The maximum Gasteiger partial charge on any atom is 0.270 e. The van der Waals surface area contributed by atoms with Gasteiger partial charge in [0, 0.05) is 25.1 Å². The second-order valence-corrected chi connectivity index (χ2v) is 6.25. The van der Waals surface area contributed by atoms with Crippen molar-refractivity contribution in [3.63, 3.8) is 0 Å². The summed E-state index contributed by atoms with van der Waals surface area (Å²) in [7, 11) is 0. The van der Waals surface area contributed by atoms with E-state index in [4.69, 9.17) is 0 Å². The molecule has 0 saturated heterocycles. The molecule has 0 radical (unpaired) electrons. The lowest BCUT2D eigenvalue weighted by atomic mass is 10.1. The minimum atomic E-state index is -0.499. The first-order valence-corrected chi connectivity index (χ1v) is 8.50. The molecular weight excluding hydrogens is 322 g/mol. The Labute approximate surface area is 146 Å². The Bertz CT molecular complexity index is 677. The predicted molar refractivity (Wildman–Crippen MR) is 94.5 cm³/mol. The van der Waals surface area contributed by atoms with E-state index >= 15 is 0 Å². The highest BCUT2D eigenvalue weighted by atomic mass is 16.6. The van der Waals surface area contributed by atoms with Crippen LogP contribution in [0, 0.1) is 10.1 Å². The molecule has 7 heteroatoms. The first-order chi connectivity index (χ1) is 12.0. The second kappa shape index (κ2) is 8.96. The van der Waals surface area contributed by atoms with E-state index in [-0.39, 0.29) is 29.2 Å². The van der Waals surface area contributed by atoms with Gasteiger partial charge in [0.15, 0.2) is 0 Å². The highest BCUT2D eigenvalue weighted by Crippen LogP contribution is 2.18. The molecule has 0 heterocycles. The summed E-state index contributed by atoms with van der Waals surface area (Å²) >= 11 is 0. The lowest BCUT2D eigenvalue weighted by Gasteiger charge is -2.17. The molecule has 0 atom stereocenters. The van der Waals surface area contributed by atoms with Crippen molar-refractivity contribution < 1.29 is 14.5 Å². The number of carbonyl (C=O) groups is 2. The average molecular weight is 345 g/mol. The Kier molecular flexibility index (Phi) is 6.68. The van der Waals surface area contributed by atoms with Crippen molar-refractivity contribution in [2.45, 2.75) is 51.5 Å². The fourth-order valence-corrected chi connectivity index (χ4v) is 2.93. The monoisotopic (exact) mass is 345 g/mol. The van der Waals surface area contributed by atoms with Crippen LogP contribution in [0.2, 0.25) is 0 Å². The standard InChI is InChI=1S/C18H23N3O4/c1-13(22)19-17(12-14-7-6-10-16(11-14)21(24)25)18(23)20-15-8-4-2-3-5-9-15/h6-7,10-12,15H,2-5,8-9H2,1H3,(H,19,22)(H,20,23)/b17-12-. The molecule has 2 amide bonds. The van der Waals surface area contributed by atoms with E-state index in [0.717, 1.165) is 25.7 Å². The van der Waals surface area contributed by atoms with Crippen molar-refractivity contribution in [2.75, 3.05) is 0 Å². The van der Waals surface area contributed by atoms with Gasteiger partial charge in [-0.05, 0) is 24.5 Å². The van der Waals surface area contributed by atoms with Crippen LogP contribution < -0.4 is 10.6 Å². The summed E-state index contributed by atoms with van der Waals surface area (Å²) < 4.78 is 0. The highest BCUT2D eigenvalue weighted by molar-refractivity contribution is 6.01. The van der Waals surface area contributed by atoms with E-state index in [1.54, 1.807) is 12.1 Å². The van der Waals surface area contributed by atoms with Crippen LogP contribution in [0.4, 0.5) is 5.69 Å². The number of nitro benzene ring substituents is 1. The Morgan fingerprint density at radius 3 is 2.48 bits per heavy atom. The van der Waals surface area contributed by atoms with Crippen LogP contribution in [-0.2, 0) is 9.59 Å². The third kappa shape index (κ3) is 6.02. The predicted octanol–water partition coefficient (Wildman–Crippen LogP) is 2.91. The van der Waals surface area contributed by atoms with Crippen molar-refractivity contribution in [2.24, 2.45) is 0 Å². The van der Waals surface area contributed by atoms with Gasteiger partial charge in [-0.25, -0.2) is 0 Å². The van der Waals surface area contributed by atoms with Crippen LogP contribution in [0.5, 0.6) is 0 Å². The minimum absolute atomic E-state index is 0.0694. The van der Waals surface area contributed by atoms with Crippen LogP contribution in [0.1, 0.15) is 51.0 Å². The molecular formula is C18H23N3O4. The molecule has 1 aromatic rings. The van der Waals surface area contributed by atoms with Crippen molar-refractivity contribution in [1.29, 1.82) is 0 Å². The Morgan fingerprint density at radius 1 is 1.20 bits per heavy atom. The van der Waals surface area contributed by atoms with Crippen molar-refractivity contribution in [1.82, 2.24) is 10.6 Å². The van der Waals surface area contributed by atoms with Crippen molar-refractivity contribution in [3.05, 3.63) is 45.6 Å². The quantitative estimate of drug-likeness (QED) is 0.371. The van der Waals surface area contributed by atoms with Gasteiger partial charge in [-0.3, -0.25) is 19.7 Å². The fourth-order valence-electron chi connectivity index (χ4n) is 2.93. The van der Waals surface area contributed by atoms with E-state index in [9.17, 15) is 19.7 Å². The zero-order valence-electron chi connectivity index (χ0n) is 14.3. The van der Waals surface area contributed by atoms with Gasteiger partial charge in [0.1, 0.15) is 5.70 Å². The first-order valence-electron chi connectivity index (χ1n) is 8.50. The molecule has 1 aliphatic rings. The summed E-state index contributed by atoms with van der Waals surface area (Å²) in [5, 5.41) is 16.4. The van der Waals surface area contributed by atoms with Gasteiger partial charge in [0.2, 0.25) is 5.91 Å². The zero-order chi connectivity index (χ0) is 18.2. The Hall–Kier alpha value is -2.70. The van der Waals surface area contributed by atoms with Crippen molar-refractivity contribution >= 4 is 23.6 Å². The lowest BCUT2D eigenvalue weighted by Crippen LogP contribution is -2.39. The maximum absolute atomic E-state index is 12.6. The number of hydrogen-bond acceptors (Lipinski definition) is 4. The topological polar surface area (TPSA) is 101 Å². The summed E-state index contributed by atoms with van der Waals surface area (Å²) in [5.74, 6) is -0.735. The van der Waals surface area contributed by atoms with E-state index in [0.29, 0.717) is 5.56 Å². The summed E-state index contributed by atoms with van der Waals surface area (Å²) in [6.07, 6.45) is 7.82. The minimum Gasteiger partial charge on any atom is -0.348 e. The number of nitrogens with zero attached hydrogens (tertiary/aromatic N) is 1. The third-order valence-corrected chi connectivity index (χ3v) is 4.14. The molecule has 2 N–H and O–H groups in total. The van der Waals surface area contributed by atoms with Crippen LogP contribution in [0.25, 0.3) is 6.08 Å². The molecule has 0 aromatic heterocycles. The number of rotatable bonds is 5. The molecule has 0 spiro atoms. The molecule has 1 fully saturated rings. The number of amides is 2. The van der Waals surface area contributed by atoms with Gasteiger partial charge >= 0.3 is 0 Å². The third-order valence-electron chi connectivity index (χ3n) is 4.14. The second-order valence-electron chi connectivity index (χ2n) is 6.25. The molecule has 2 rings (SSSR count). The largest absolute Gasteiger partial charge is 0.348 e. The highest BCUT2D eigenvalue weighted by Gasteiger charge is 2.18. The van der Waals surface area contributed by atoms with Crippen LogP contribution in [0.3, 0.4) is 0 Å². The first kappa shape index (κ1) is 18.6. The van der Waals surface area contributed by atoms with Gasteiger partial charge < -0.3 is 10.6 Å². The number of non-ortho nitro benzene ring substituents is 1. The molecule has 0 unspecified atom stereocenters. The number of benzene rings is 1. The molecule has 7 nitrogen and oxygen atoms in total. The van der Waals surface area contributed by atoms with E-state index < -0.39 is 4.92 Å². The molecule has 0 bridgehead atoms. The zero-order valence-corrected chi connectivity index (χ0v) is 14.3. The smallest absolute Gasteiger partial charge is 0.270 e. The van der Waals surface area contributed by atoms with Crippen molar-refractivity contribution in [3.8, 4) is 0 Å². The van der Waals surface area contributed by atoms with Gasteiger partial charge in [0.25, 0.3) is 11.6 Å². The molecule has 0 aliphatic heterocycles. The summed E-state index contributed by atoms with van der Waals surface area (Å²) in [4.78, 5) is 34.4. The van der Waals surface area contributed by atoms with Gasteiger partial charge in [0.05, 0.1) is 4.92 Å². The SMILES string of the molecule is CC(=O)N/C(=C\c1cccc([N+](=O)[O-])c1)C(=O)NC1CCCCCC1. The van der Waals surface area contributed by atoms with Crippen LogP contribution >= 0.6 is 0 Å². The van der Waals surface area contributed by atoms with Crippen LogP contribution in [0.15, 0.2) is 30.0 Å². The average Bonchev–Trinajstić information content (AvgIpc) is 2.82. The Balaban J connectivity index is 2.19. The van der Waals surface area contributed by atoms with Gasteiger partial charge in [-0.1, -0.05) is 37.8 Å². The summed E-state index contributed by atoms with van der Waals surface area (Å²) in [5.41, 5.74) is 0.506. The molecule has 25 heavy (non-hydrogen) atoms. The molecule has 1 aromatic carbocycles. The number of nitro groups is 1. The fraction of sp³-hybridized carbons (Fsp3) is 0.444. The summed E-state index contributed by atoms with van der Waals surface area (Å²) in [6, 6.07) is 6.02. The molecule has 1 aliphatic carbocycles. The number of nitrogens with one attached hydrogen (secondary N) is 2. The molecule has 1 saturated carbocycles.